The van der Waals surface area contributed by atoms with Crippen molar-refractivity contribution < 1.29 is 13.9 Å². The number of carbonyl (C=O) groups is 1. The number of aryl methyl sites for hydroxylation is 1. The lowest BCUT2D eigenvalue weighted by Gasteiger charge is -2.18. The van der Waals surface area contributed by atoms with Crippen LogP contribution in [0, 0.1) is 0 Å². The predicted octanol–water partition coefficient (Wildman–Crippen LogP) is 2.16. The maximum atomic E-state index is 13.1. The van der Waals surface area contributed by atoms with Crippen LogP contribution < -0.4 is 4.74 Å². The Labute approximate surface area is 81.7 Å². The van der Waals surface area contributed by atoms with Gasteiger partial charge in [0, 0.05) is 5.56 Å². The van der Waals surface area contributed by atoms with Crippen molar-refractivity contribution in [3.8, 4) is 5.75 Å². The van der Waals surface area contributed by atoms with Gasteiger partial charge in [-0.3, -0.25) is 4.79 Å². The van der Waals surface area contributed by atoms with Crippen LogP contribution in [0.5, 0.6) is 5.75 Å². The van der Waals surface area contributed by atoms with Crippen LogP contribution in [0.1, 0.15) is 22.3 Å². The van der Waals surface area contributed by atoms with Crippen molar-refractivity contribution in [3.63, 3.8) is 0 Å². The molecule has 1 aromatic rings. The predicted molar refractivity (Wildman–Crippen MR) is 50.5 cm³/mol. The summed E-state index contributed by atoms with van der Waals surface area (Å²) in [4.78, 5) is 11.4. The zero-order valence-electron chi connectivity index (χ0n) is 7.92. The Balaban J connectivity index is 2.44. The highest BCUT2D eigenvalue weighted by molar-refractivity contribution is 6.01. The van der Waals surface area contributed by atoms with Crippen LogP contribution in [-0.4, -0.2) is 19.1 Å². The molecule has 0 bridgehead atoms. The van der Waals surface area contributed by atoms with Gasteiger partial charge in [0.1, 0.15) is 5.75 Å². The van der Waals surface area contributed by atoms with Crippen molar-refractivity contribution in [3.05, 3.63) is 29.3 Å². The number of rotatable bonds is 1. The summed E-state index contributed by atoms with van der Waals surface area (Å²) in [5, 5.41) is 0. The molecule has 2 rings (SSSR count). The van der Waals surface area contributed by atoms with Crippen LogP contribution in [0.3, 0.4) is 0 Å². The average molecular weight is 194 g/mol. The first-order valence-corrected chi connectivity index (χ1v) is 4.57. The van der Waals surface area contributed by atoms with Gasteiger partial charge in [0.15, 0.2) is 12.0 Å². The van der Waals surface area contributed by atoms with Crippen molar-refractivity contribution >= 4 is 5.78 Å². The zero-order chi connectivity index (χ0) is 10.1. The lowest BCUT2D eigenvalue weighted by molar-refractivity contribution is 0.0856. The molecule has 74 valence electrons. The standard InChI is InChI=1S/C11H11FO2/c1-14-8-3-4-9-7(6-8)2-5-10(12)11(9)13/h3-4,6,10H,2,5H2,1H3/t10-/m0/s1. The molecule has 1 aliphatic rings. The van der Waals surface area contributed by atoms with E-state index in [1.807, 2.05) is 0 Å². The molecular formula is C11H11FO2. The molecule has 0 heterocycles. The summed E-state index contributed by atoms with van der Waals surface area (Å²) < 4.78 is 18.1. The zero-order valence-corrected chi connectivity index (χ0v) is 7.92. The van der Waals surface area contributed by atoms with E-state index in [1.165, 1.54) is 0 Å². The number of ketones is 1. The van der Waals surface area contributed by atoms with Gasteiger partial charge in [0.25, 0.3) is 0 Å². The number of benzene rings is 1. The van der Waals surface area contributed by atoms with Gasteiger partial charge < -0.3 is 4.74 Å². The van der Waals surface area contributed by atoms with E-state index in [2.05, 4.69) is 0 Å². The number of ether oxygens (including phenoxy) is 1. The van der Waals surface area contributed by atoms with E-state index in [9.17, 15) is 9.18 Å². The Hall–Kier alpha value is -1.38. The molecule has 1 atom stereocenters. The third kappa shape index (κ3) is 1.39. The summed E-state index contributed by atoms with van der Waals surface area (Å²) in [6, 6.07) is 5.14. The van der Waals surface area contributed by atoms with Crippen LogP contribution in [0.4, 0.5) is 4.39 Å². The number of fused-ring (bicyclic) bond motifs is 1. The number of hydrogen-bond acceptors (Lipinski definition) is 2. The molecular weight excluding hydrogens is 183 g/mol. The highest BCUT2D eigenvalue weighted by atomic mass is 19.1. The summed E-state index contributed by atoms with van der Waals surface area (Å²) in [6.07, 6.45) is -0.422. The minimum Gasteiger partial charge on any atom is -0.497 e. The summed E-state index contributed by atoms with van der Waals surface area (Å²) >= 11 is 0. The monoisotopic (exact) mass is 194 g/mol. The molecule has 14 heavy (non-hydrogen) atoms. The Kier molecular flexibility index (Phi) is 2.23. The molecule has 0 saturated heterocycles. The largest absolute Gasteiger partial charge is 0.497 e. The number of carbonyl (C=O) groups excluding carboxylic acids is 1. The summed E-state index contributed by atoms with van der Waals surface area (Å²) in [7, 11) is 1.57. The molecule has 0 unspecified atom stereocenters. The van der Waals surface area contributed by atoms with Crippen LogP contribution in [0.25, 0.3) is 0 Å². The highest BCUT2D eigenvalue weighted by Crippen LogP contribution is 2.26. The van der Waals surface area contributed by atoms with E-state index in [4.69, 9.17) is 4.74 Å². The molecule has 0 amide bonds. The fourth-order valence-electron chi connectivity index (χ4n) is 1.73. The molecule has 2 nitrogen and oxygen atoms in total. The van der Waals surface area contributed by atoms with E-state index >= 15 is 0 Å². The van der Waals surface area contributed by atoms with Gasteiger partial charge in [-0.25, -0.2) is 4.39 Å². The molecule has 0 aromatic heterocycles. The van der Waals surface area contributed by atoms with E-state index < -0.39 is 12.0 Å². The van der Waals surface area contributed by atoms with Gasteiger partial charge in [0.05, 0.1) is 7.11 Å². The lowest BCUT2D eigenvalue weighted by Crippen LogP contribution is -2.23. The van der Waals surface area contributed by atoms with Crippen molar-refractivity contribution in [2.75, 3.05) is 7.11 Å². The van der Waals surface area contributed by atoms with Gasteiger partial charge in [-0.2, -0.15) is 0 Å². The summed E-state index contributed by atoms with van der Waals surface area (Å²) in [5.74, 6) is 0.322. The fraction of sp³-hybridized carbons (Fsp3) is 0.364. The fourth-order valence-corrected chi connectivity index (χ4v) is 1.73. The highest BCUT2D eigenvalue weighted by Gasteiger charge is 2.26. The summed E-state index contributed by atoms with van der Waals surface area (Å²) in [5.41, 5.74) is 1.40. The van der Waals surface area contributed by atoms with Crippen LogP contribution >= 0.6 is 0 Å². The number of Topliss-reactive ketones (excluding diaryl/α,β-unsaturated/α-hetero) is 1. The first-order valence-electron chi connectivity index (χ1n) is 4.57. The maximum Gasteiger partial charge on any atom is 0.197 e. The van der Waals surface area contributed by atoms with E-state index in [0.717, 1.165) is 5.56 Å². The Morgan fingerprint density at radius 1 is 1.50 bits per heavy atom. The number of alkyl halides is 1. The Morgan fingerprint density at radius 3 is 3.00 bits per heavy atom. The second-order valence-electron chi connectivity index (χ2n) is 3.39. The molecule has 1 aliphatic carbocycles. The topological polar surface area (TPSA) is 26.3 Å². The molecule has 0 spiro atoms. The molecule has 0 radical (unpaired) electrons. The second-order valence-corrected chi connectivity index (χ2v) is 3.39. The molecule has 0 fully saturated rings. The first-order chi connectivity index (χ1) is 6.72. The average Bonchev–Trinajstić information content (AvgIpc) is 2.23. The van der Waals surface area contributed by atoms with Crippen LogP contribution in [0.15, 0.2) is 18.2 Å². The number of halogens is 1. The van der Waals surface area contributed by atoms with Gasteiger partial charge >= 0.3 is 0 Å². The van der Waals surface area contributed by atoms with Crippen molar-refractivity contribution in [1.82, 2.24) is 0 Å². The SMILES string of the molecule is COc1ccc2c(c1)CC[C@H](F)C2=O. The van der Waals surface area contributed by atoms with Gasteiger partial charge in [-0.05, 0) is 36.6 Å². The lowest BCUT2D eigenvalue weighted by atomic mass is 9.89. The molecule has 1 aromatic carbocycles. The molecule has 0 aliphatic heterocycles. The number of methoxy groups -OCH3 is 1. The van der Waals surface area contributed by atoms with Crippen molar-refractivity contribution in [2.24, 2.45) is 0 Å². The van der Waals surface area contributed by atoms with Crippen molar-refractivity contribution in [1.29, 1.82) is 0 Å². The number of hydrogen-bond donors (Lipinski definition) is 0. The molecule has 0 N–H and O–H groups in total. The van der Waals surface area contributed by atoms with Crippen LogP contribution in [-0.2, 0) is 6.42 Å². The van der Waals surface area contributed by atoms with E-state index in [0.29, 0.717) is 24.2 Å². The quantitative estimate of drug-likeness (QED) is 0.684. The first kappa shape index (κ1) is 9.19. The third-order valence-electron chi connectivity index (χ3n) is 2.53. The normalized spacial score (nSPS) is 20.4. The Morgan fingerprint density at radius 2 is 2.29 bits per heavy atom. The smallest absolute Gasteiger partial charge is 0.197 e. The third-order valence-corrected chi connectivity index (χ3v) is 2.53. The van der Waals surface area contributed by atoms with E-state index in [-0.39, 0.29) is 0 Å². The maximum absolute atomic E-state index is 13.1. The van der Waals surface area contributed by atoms with Crippen LogP contribution in [0.2, 0.25) is 0 Å². The second kappa shape index (κ2) is 3.40. The van der Waals surface area contributed by atoms with Gasteiger partial charge in [0.2, 0.25) is 0 Å². The van der Waals surface area contributed by atoms with Gasteiger partial charge in [-0.1, -0.05) is 0 Å². The summed E-state index contributed by atoms with van der Waals surface area (Å²) in [6.45, 7) is 0. The van der Waals surface area contributed by atoms with E-state index in [1.54, 1.807) is 25.3 Å². The minimum absolute atomic E-state index is 0.291. The van der Waals surface area contributed by atoms with Gasteiger partial charge in [-0.15, -0.1) is 0 Å². The Bertz CT molecular complexity index is 374. The van der Waals surface area contributed by atoms with Crippen molar-refractivity contribution in [2.45, 2.75) is 19.0 Å². The minimum atomic E-state index is -1.32. The molecule has 0 saturated carbocycles. The molecule has 3 heteroatoms.